The van der Waals surface area contributed by atoms with E-state index in [4.69, 9.17) is 5.11 Å². The maximum absolute atomic E-state index is 13.1. The quantitative estimate of drug-likeness (QED) is 0.739. The fourth-order valence-corrected chi connectivity index (χ4v) is 2.06. The maximum Gasteiger partial charge on any atom is 0.512 e. The van der Waals surface area contributed by atoms with E-state index in [1.807, 2.05) is 0 Å². The van der Waals surface area contributed by atoms with E-state index in [9.17, 15) is 9.18 Å². The molecule has 3 nitrogen and oxygen atoms in total. The highest BCUT2D eigenvalue weighted by molar-refractivity contribution is 7.20. The van der Waals surface area contributed by atoms with E-state index in [1.54, 1.807) is 12.1 Å². The van der Waals surface area contributed by atoms with E-state index in [2.05, 4.69) is 4.74 Å². The molecule has 0 atom stereocenters. The number of carbonyl (C=O) groups is 1. The Morgan fingerprint density at radius 2 is 2.29 bits per heavy atom. The van der Waals surface area contributed by atoms with Crippen molar-refractivity contribution in [3.63, 3.8) is 0 Å². The molecule has 0 fully saturated rings. The van der Waals surface area contributed by atoms with Crippen molar-refractivity contribution in [3.8, 4) is 5.06 Å². The SMILES string of the molecule is O=C(O)Oc1cc2c(F)cccc2s1. The van der Waals surface area contributed by atoms with E-state index >= 15 is 0 Å². The molecule has 0 unspecified atom stereocenters. The van der Waals surface area contributed by atoms with Crippen LogP contribution in [-0.4, -0.2) is 11.3 Å². The zero-order valence-corrected chi connectivity index (χ0v) is 7.68. The molecule has 1 heterocycles. The Hall–Kier alpha value is -1.62. The van der Waals surface area contributed by atoms with Crippen molar-refractivity contribution in [2.75, 3.05) is 0 Å². The van der Waals surface area contributed by atoms with Gasteiger partial charge in [-0.25, -0.2) is 9.18 Å². The Balaban J connectivity index is 2.51. The zero-order chi connectivity index (χ0) is 10.1. The van der Waals surface area contributed by atoms with Crippen LogP contribution < -0.4 is 4.74 Å². The molecule has 14 heavy (non-hydrogen) atoms. The van der Waals surface area contributed by atoms with Crippen LogP contribution in [0.5, 0.6) is 5.06 Å². The summed E-state index contributed by atoms with van der Waals surface area (Å²) in [5.74, 6) is -0.376. The smallest absolute Gasteiger partial charge is 0.449 e. The zero-order valence-electron chi connectivity index (χ0n) is 6.86. The number of hydrogen-bond acceptors (Lipinski definition) is 3. The van der Waals surface area contributed by atoms with Gasteiger partial charge < -0.3 is 9.84 Å². The molecule has 1 N–H and O–H groups in total. The largest absolute Gasteiger partial charge is 0.512 e. The second-order valence-electron chi connectivity index (χ2n) is 2.59. The summed E-state index contributed by atoms with van der Waals surface area (Å²) in [6, 6.07) is 5.97. The van der Waals surface area contributed by atoms with Gasteiger partial charge in [0.25, 0.3) is 0 Å². The van der Waals surface area contributed by atoms with Gasteiger partial charge in [-0.15, -0.1) is 0 Å². The molecule has 1 aromatic carbocycles. The molecular formula is C9H5FO3S. The summed E-state index contributed by atoms with van der Waals surface area (Å²) >= 11 is 1.10. The molecule has 5 heteroatoms. The molecule has 1 aromatic heterocycles. The van der Waals surface area contributed by atoms with Gasteiger partial charge in [0.2, 0.25) is 0 Å². The van der Waals surface area contributed by atoms with Crippen LogP contribution >= 0.6 is 11.3 Å². The molecule has 0 bridgehead atoms. The first-order valence-electron chi connectivity index (χ1n) is 3.75. The number of carboxylic acid groups (broad SMARTS) is 1. The lowest BCUT2D eigenvalue weighted by Crippen LogP contribution is -2.00. The molecule has 0 saturated heterocycles. The molecular weight excluding hydrogens is 207 g/mol. The normalized spacial score (nSPS) is 10.4. The van der Waals surface area contributed by atoms with Gasteiger partial charge in [0, 0.05) is 16.2 Å². The van der Waals surface area contributed by atoms with Crippen LogP contribution in [0.1, 0.15) is 0 Å². The van der Waals surface area contributed by atoms with Crippen molar-refractivity contribution in [2.45, 2.75) is 0 Å². The molecule has 0 saturated carbocycles. The van der Waals surface area contributed by atoms with Gasteiger partial charge in [-0.2, -0.15) is 0 Å². The van der Waals surface area contributed by atoms with Gasteiger partial charge in [0.1, 0.15) is 5.82 Å². The lowest BCUT2D eigenvalue weighted by molar-refractivity contribution is 0.146. The standard InChI is InChI=1S/C9H5FO3S/c10-6-2-1-3-7-5(6)4-8(14-7)13-9(11)12/h1-4H,(H,11,12). The number of benzene rings is 1. The molecule has 0 aliphatic rings. The highest BCUT2D eigenvalue weighted by Gasteiger charge is 2.08. The first kappa shape index (κ1) is 8.96. The van der Waals surface area contributed by atoms with Crippen LogP contribution in [-0.2, 0) is 0 Å². The van der Waals surface area contributed by atoms with Gasteiger partial charge in [-0.05, 0) is 12.1 Å². The maximum atomic E-state index is 13.1. The van der Waals surface area contributed by atoms with Gasteiger partial charge in [-0.1, -0.05) is 17.4 Å². The first-order valence-corrected chi connectivity index (χ1v) is 4.57. The molecule has 0 spiro atoms. The van der Waals surface area contributed by atoms with Crippen molar-refractivity contribution in [2.24, 2.45) is 0 Å². The minimum Gasteiger partial charge on any atom is -0.449 e. The van der Waals surface area contributed by atoms with Crippen molar-refractivity contribution < 1.29 is 19.0 Å². The lowest BCUT2D eigenvalue weighted by atomic mass is 10.2. The second-order valence-corrected chi connectivity index (χ2v) is 3.63. The van der Waals surface area contributed by atoms with Crippen LogP contribution in [0.4, 0.5) is 9.18 Å². The van der Waals surface area contributed by atoms with Crippen molar-refractivity contribution >= 4 is 27.6 Å². The first-order chi connectivity index (χ1) is 6.66. The van der Waals surface area contributed by atoms with Gasteiger partial charge in [0.15, 0.2) is 5.06 Å². The molecule has 0 aliphatic heterocycles. The second kappa shape index (κ2) is 3.26. The van der Waals surface area contributed by atoms with Crippen molar-refractivity contribution in [1.82, 2.24) is 0 Å². The molecule has 2 aromatic rings. The summed E-state index contributed by atoms with van der Waals surface area (Å²) in [6.07, 6.45) is -1.39. The van der Waals surface area contributed by atoms with E-state index in [0.29, 0.717) is 10.1 Å². The highest BCUT2D eigenvalue weighted by atomic mass is 32.1. The lowest BCUT2D eigenvalue weighted by Gasteiger charge is -1.90. The summed E-state index contributed by atoms with van der Waals surface area (Å²) in [7, 11) is 0. The minimum atomic E-state index is -1.39. The number of hydrogen-bond donors (Lipinski definition) is 1. The Bertz CT molecular complexity index is 492. The number of fused-ring (bicyclic) bond motifs is 1. The van der Waals surface area contributed by atoms with Crippen molar-refractivity contribution in [1.29, 1.82) is 0 Å². The monoisotopic (exact) mass is 212 g/mol. The summed E-state index contributed by atoms with van der Waals surface area (Å²) in [4.78, 5) is 10.2. The number of halogens is 1. The summed E-state index contributed by atoms with van der Waals surface area (Å²) in [5, 5.41) is 8.91. The van der Waals surface area contributed by atoms with E-state index in [0.717, 1.165) is 11.3 Å². The van der Waals surface area contributed by atoms with E-state index < -0.39 is 6.16 Å². The third kappa shape index (κ3) is 1.54. The number of ether oxygens (including phenoxy) is 1. The molecule has 72 valence electrons. The Kier molecular flexibility index (Phi) is 2.09. The Morgan fingerprint density at radius 3 is 2.93 bits per heavy atom. The third-order valence-electron chi connectivity index (χ3n) is 1.67. The van der Waals surface area contributed by atoms with Gasteiger partial charge >= 0.3 is 6.16 Å². The van der Waals surface area contributed by atoms with Crippen LogP contribution in [0.25, 0.3) is 10.1 Å². The van der Waals surface area contributed by atoms with Crippen LogP contribution in [0.3, 0.4) is 0 Å². The van der Waals surface area contributed by atoms with Crippen molar-refractivity contribution in [3.05, 3.63) is 30.1 Å². The third-order valence-corrected chi connectivity index (χ3v) is 2.65. The summed E-state index contributed by atoms with van der Waals surface area (Å²) < 4.78 is 18.2. The fraction of sp³-hybridized carbons (Fsp3) is 0. The van der Waals surface area contributed by atoms with E-state index in [1.165, 1.54) is 12.1 Å². The number of thiophene rings is 1. The molecule has 0 aliphatic carbocycles. The fourth-order valence-electron chi connectivity index (χ4n) is 1.14. The van der Waals surface area contributed by atoms with E-state index in [-0.39, 0.29) is 10.9 Å². The number of rotatable bonds is 1. The molecule has 0 amide bonds. The average molecular weight is 212 g/mol. The van der Waals surface area contributed by atoms with Crippen LogP contribution in [0, 0.1) is 5.82 Å². The highest BCUT2D eigenvalue weighted by Crippen LogP contribution is 2.32. The van der Waals surface area contributed by atoms with Gasteiger partial charge in [-0.3, -0.25) is 0 Å². The summed E-state index contributed by atoms with van der Waals surface area (Å²) in [6.45, 7) is 0. The molecule has 0 radical (unpaired) electrons. The summed E-state index contributed by atoms with van der Waals surface area (Å²) in [5.41, 5.74) is 0. The molecule has 2 rings (SSSR count). The van der Waals surface area contributed by atoms with Gasteiger partial charge in [0.05, 0.1) is 0 Å². The average Bonchev–Trinajstić information content (AvgIpc) is 2.47. The predicted molar refractivity (Wildman–Crippen MR) is 50.4 cm³/mol. The predicted octanol–water partition coefficient (Wildman–Crippen LogP) is 3.10. The Morgan fingerprint density at radius 1 is 1.50 bits per heavy atom. The topological polar surface area (TPSA) is 46.5 Å². The van der Waals surface area contributed by atoms with Crippen LogP contribution in [0.15, 0.2) is 24.3 Å². The minimum absolute atomic E-state index is 0.178. The van der Waals surface area contributed by atoms with Crippen LogP contribution in [0.2, 0.25) is 0 Å². The Labute approximate surface area is 82.4 Å².